The fourth-order valence-corrected chi connectivity index (χ4v) is 2.59. The molecule has 0 saturated carbocycles. The first-order chi connectivity index (χ1) is 9.06. The van der Waals surface area contributed by atoms with Gasteiger partial charge in [0.1, 0.15) is 15.7 Å². The van der Waals surface area contributed by atoms with Crippen molar-refractivity contribution in [2.24, 2.45) is 0 Å². The van der Waals surface area contributed by atoms with Crippen LogP contribution in [0.2, 0.25) is 0 Å². The topological polar surface area (TPSA) is 78.9 Å². The number of hydrogen-bond acceptors (Lipinski definition) is 4. The van der Waals surface area contributed by atoms with E-state index in [1.54, 1.807) is 6.07 Å². The Bertz CT molecular complexity index is 793. The highest BCUT2D eigenvalue weighted by atomic mass is 32.1. The largest absolute Gasteiger partial charge is 0.477 e. The van der Waals surface area contributed by atoms with Crippen LogP contribution in [0, 0.1) is 12.7 Å². The summed E-state index contributed by atoms with van der Waals surface area (Å²) >= 11 is 0.944. The Balaban J connectivity index is 2.20. The Hall–Kier alpha value is -2.28. The van der Waals surface area contributed by atoms with E-state index in [9.17, 15) is 9.18 Å². The van der Waals surface area contributed by atoms with Crippen LogP contribution in [-0.4, -0.2) is 26.3 Å². The first-order valence-corrected chi connectivity index (χ1v) is 6.21. The molecule has 7 heteroatoms. The van der Waals surface area contributed by atoms with Crippen LogP contribution in [0.5, 0.6) is 0 Å². The fourth-order valence-electron chi connectivity index (χ4n) is 1.82. The molecule has 3 rings (SSSR count). The van der Waals surface area contributed by atoms with Crippen molar-refractivity contribution in [3.63, 3.8) is 0 Å². The zero-order chi connectivity index (χ0) is 13.6. The van der Waals surface area contributed by atoms with E-state index in [1.165, 1.54) is 12.3 Å². The summed E-state index contributed by atoms with van der Waals surface area (Å²) in [4.78, 5) is 14.9. The highest BCUT2D eigenvalue weighted by Crippen LogP contribution is 2.31. The molecule has 0 aliphatic carbocycles. The number of aromatic carboxylic acids is 1. The molecule has 2 aromatic heterocycles. The van der Waals surface area contributed by atoms with E-state index in [4.69, 9.17) is 5.11 Å². The van der Waals surface area contributed by atoms with Gasteiger partial charge in [-0.2, -0.15) is 5.10 Å². The van der Waals surface area contributed by atoms with Crippen molar-refractivity contribution in [2.45, 2.75) is 6.92 Å². The number of aryl methyl sites for hydroxylation is 1. The Labute approximate surface area is 110 Å². The van der Waals surface area contributed by atoms with E-state index < -0.39 is 11.8 Å². The maximum absolute atomic E-state index is 14.0. The number of benzene rings is 1. The van der Waals surface area contributed by atoms with Crippen LogP contribution in [0.3, 0.4) is 0 Å². The van der Waals surface area contributed by atoms with Crippen LogP contribution in [-0.2, 0) is 0 Å². The molecular formula is C12H8FN3O2S. The lowest BCUT2D eigenvalue weighted by molar-refractivity contribution is 0.0702. The SMILES string of the molecule is Cc1[nH]nc2cc(F)c(-c3ncc(C(=O)O)s3)cc12. The molecule has 3 aromatic rings. The van der Waals surface area contributed by atoms with Crippen molar-refractivity contribution in [2.75, 3.05) is 0 Å². The first kappa shape index (κ1) is 11.8. The average molecular weight is 277 g/mol. The number of fused-ring (bicyclic) bond motifs is 1. The van der Waals surface area contributed by atoms with Crippen LogP contribution in [0.1, 0.15) is 15.4 Å². The molecule has 0 bridgehead atoms. The van der Waals surface area contributed by atoms with Gasteiger partial charge in [-0.05, 0) is 13.0 Å². The van der Waals surface area contributed by atoms with Crippen LogP contribution in [0.15, 0.2) is 18.3 Å². The number of aromatic nitrogens is 3. The van der Waals surface area contributed by atoms with Gasteiger partial charge in [-0.15, -0.1) is 11.3 Å². The highest BCUT2D eigenvalue weighted by Gasteiger charge is 2.15. The Morgan fingerprint density at radius 2 is 2.26 bits per heavy atom. The molecular weight excluding hydrogens is 269 g/mol. The number of nitrogens with one attached hydrogen (secondary N) is 1. The molecule has 0 radical (unpaired) electrons. The third-order valence-corrected chi connectivity index (χ3v) is 3.80. The number of aromatic amines is 1. The maximum Gasteiger partial charge on any atom is 0.347 e. The molecule has 19 heavy (non-hydrogen) atoms. The second kappa shape index (κ2) is 4.13. The van der Waals surface area contributed by atoms with Crippen LogP contribution < -0.4 is 0 Å². The average Bonchev–Trinajstić information content (AvgIpc) is 2.96. The summed E-state index contributed by atoms with van der Waals surface area (Å²) in [6.07, 6.45) is 1.23. The number of carboxylic acid groups (broad SMARTS) is 1. The number of halogens is 1. The van der Waals surface area contributed by atoms with E-state index >= 15 is 0 Å². The lowest BCUT2D eigenvalue weighted by Crippen LogP contribution is -1.89. The Kier molecular flexibility index (Phi) is 2.56. The maximum atomic E-state index is 14.0. The summed E-state index contributed by atoms with van der Waals surface area (Å²) in [6, 6.07) is 2.95. The van der Waals surface area contributed by atoms with E-state index in [0.29, 0.717) is 10.5 Å². The molecule has 1 aromatic carbocycles. The second-order valence-electron chi connectivity index (χ2n) is 4.03. The van der Waals surface area contributed by atoms with Gasteiger partial charge in [0.2, 0.25) is 0 Å². The number of rotatable bonds is 2. The lowest BCUT2D eigenvalue weighted by Gasteiger charge is -1.99. The predicted octanol–water partition coefficient (Wildman–Crippen LogP) is 2.83. The van der Waals surface area contributed by atoms with Gasteiger partial charge in [-0.1, -0.05) is 0 Å². The Morgan fingerprint density at radius 3 is 2.95 bits per heavy atom. The first-order valence-electron chi connectivity index (χ1n) is 5.40. The normalized spacial score (nSPS) is 11.1. The van der Waals surface area contributed by atoms with Gasteiger partial charge in [0.25, 0.3) is 0 Å². The molecule has 0 amide bonds. The molecule has 0 spiro atoms. The minimum atomic E-state index is -1.07. The molecule has 5 nitrogen and oxygen atoms in total. The second-order valence-corrected chi connectivity index (χ2v) is 5.06. The number of nitrogens with zero attached hydrogens (tertiary/aromatic N) is 2. The van der Waals surface area contributed by atoms with Gasteiger partial charge in [0.05, 0.1) is 11.7 Å². The van der Waals surface area contributed by atoms with Crippen LogP contribution in [0.4, 0.5) is 4.39 Å². The summed E-state index contributed by atoms with van der Waals surface area (Å²) in [6.45, 7) is 1.83. The lowest BCUT2D eigenvalue weighted by atomic mass is 10.1. The molecule has 2 heterocycles. The van der Waals surface area contributed by atoms with Crippen molar-refractivity contribution in [3.8, 4) is 10.6 Å². The van der Waals surface area contributed by atoms with Gasteiger partial charge in [-0.3, -0.25) is 5.10 Å². The third-order valence-electron chi connectivity index (χ3n) is 2.78. The van der Waals surface area contributed by atoms with E-state index in [0.717, 1.165) is 22.4 Å². The number of thiazole rings is 1. The number of hydrogen-bond donors (Lipinski definition) is 2. The standard InChI is InChI=1S/C12H8FN3O2S/c1-5-6-2-7(8(13)3-9(6)16-15-5)11-14-4-10(19-11)12(17)18/h2-4H,1H3,(H,15,16)(H,17,18). The Morgan fingerprint density at radius 1 is 1.47 bits per heavy atom. The molecule has 96 valence electrons. The zero-order valence-electron chi connectivity index (χ0n) is 9.77. The van der Waals surface area contributed by atoms with Crippen molar-refractivity contribution in [1.82, 2.24) is 15.2 Å². The smallest absolute Gasteiger partial charge is 0.347 e. The summed E-state index contributed by atoms with van der Waals surface area (Å²) in [7, 11) is 0. The van der Waals surface area contributed by atoms with E-state index in [-0.39, 0.29) is 10.4 Å². The molecule has 0 unspecified atom stereocenters. The van der Waals surface area contributed by atoms with Crippen molar-refractivity contribution in [3.05, 3.63) is 34.7 Å². The molecule has 2 N–H and O–H groups in total. The number of carboxylic acids is 1. The van der Waals surface area contributed by atoms with Crippen LogP contribution in [0.25, 0.3) is 21.5 Å². The van der Waals surface area contributed by atoms with Gasteiger partial charge < -0.3 is 5.11 Å². The minimum Gasteiger partial charge on any atom is -0.477 e. The fraction of sp³-hybridized carbons (Fsp3) is 0.0833. The molecule has 0 saturated heterocycles. The van der Waals surface area contributed by atoms with Crippen molar-refractivity contribution >= 4 is 28.2 Å². The molecule has 0 aliphatic heterocycles. The quantitative estimate of drug-likeness (QED) is 0.755. The van der Waals surface area contributed by atoms with E-state index in [2.05, 4.69) is 15.2 Å². The number of carbonyl (C=O) groups is 1. The number of H-pyrrole nitrogens is 1. The van der Waals surface area contributed by atoms with E-state index in [1.807, 2.05) is 6.92 Å². The highest BCUT2D eigenvalue weighted by molar-refractivity contribution is 7.16. The van der Waals surface area contributed by atoms with Crippen molar-refractivity contribution < 1.29 is 14.3 Å². The summed E-state index contributed by atoms with van der Waals surface area (Å²) < 4.78 is 14.0. The summed E-state index contributed by atoms with van der Waals surface area (Å²) in [5.74, 6) is -1.53. The summed E-state index contributed by atoms with van der Waals surface area (Å²) in [5, 5.41) is 16.7. The minimum absolute atomic E-state index is 0.0819. The van der Waals surface area contributed by atoms with Gasteiger partial charge in [0.15, 0.2) is 0 Å². The van der Waals surface area contributed by atoms with Gasteiger partial charge >= 0.3 is 5.97 Å². The van der Waals surface area contributed by atoms with Gasteiger partial charge in [0, 0.05) is 22.7 Å². The van der Waals surface area contributed by atoms with Gasteiger partial charge in [-0.25, -0.2) is 14.2 Å². The zero-order valence-corrected chi connectivity index (χ0v) is 10.6. The van der Waals surface area contributed by atoms with Crippen molar-refractivity contribution in [1.29, 1.82) is 0 Å². The predicted molar refractivity (Wildman–Crippen MR) is 68.9 cm³/mol. The molecule has 0 aliphatic rings. The summed E-state index contributed by atoms with van der Waals surface area (Å²) in [5.41, 5.74) is 1.65. The van der Waals surface area contributed by atoms with Crippen LogP contribution >= 0.6 is 11.3 Å². The third kappa shape index (κ3) is 1.88. The molecule has 0 atom stereocenters. The monoisotopic (exact) mass is 277 g/mol. The molecule has 0 fully saturated rings.